The second-order valence-corrected chi connectivity index (χ2v) is 3.85. The summed E-state index contributed by atoms with van der Waals surface area (Å²) in [6.07, 6.45) is 2.58. The van der Waals surface area contributed by atoms with E-state index in [2.05, 4.69) is 5.10 Å². The minimum atomic E-state index is -0.749. The number of hydrogen-bond acceptors (Lipinski definition) is 4. The van der Waals surface area contributed by atoms with Crippen LogP contribution in [0.5, 0.6) is 0 Å². The molecule has 0 amide bonds. The molecule has 6 nitrogen and oxygen atoms in total. The molecule has 0 radical (unpaired) electrons. The maximum atomic E-state index is 11.4. The Morgan fingerprint density at radius 2 is 2.25 bits per heavy atom. The minimum Gasteiger partial charge on any atom is -0.691 e. The Hall–Kier alpha value is -1.85. The third-order valence-electron chi connectivity index (χ3n) is 2.87. The van der Waals surface area contributed by atoms with Crippen LogP contribution in [0.15, 0.2) is 18.3 Å². The molecule has 1 aromatic rings. The van der Waals surface area contributed by atoms with Gasteiger partial charge in [-0.1, -0.05) is 5.10 Å². The highest BCUT2D eigenvalue weighted by atomic mass is 16.5. The molecule has 1 fully saturated rings. The number of nitrogens with zero attached hydrogens (tertiary/aromatic N) is 3. The lowest BCUT2D eigenvalue weighted by Gasteiger charge is -2.26. The molecule has 0 saturated carbocycles. The predicted molar refractivity (Wildman–Crippen MR) is 55.8 cm³/mol. The van der Waals surface area contributed by atoms with E-state index in [0.717, 1.165) is 0 Å². The summed E-state index contributed by atoms with van der Waals surface area (Å²) >= 11 is 0. The number of hydrogen-bond donors (Lipinski definition) is 1. The van der Waals surface area contributed by atoms with E-state index in [0.29, 0.717) is 36.6 Å². The van der Waals surface area contributed by atoms with Crippen molar-refractivity contribution < 1.29 is 14.7 Å². The number of carboxylic acids is 1. The van der Waals surface area contributed by atoms with Crippen LogP contribution >= 0.6 is 0 Å². The Morgan fingerprint density at radius 1 is 1.56 bits per heavy atom. The molecule has 2 rings (SSSR count). The second-order valence-electron chi connectivity index (χ2n) is 3.85. The van der Waals surface area contributed by atoms with Crippen LogP contribution in [0.25, 0.3) is 0 Å². The van der Waals surface area contributed by atoms with Crippen molar-refractivity contribution in [2.45, 2.75) is 12.8 Å². The number of piperidine rings is 1. The van der Waals surface area contributed by atoms with Gasteiger partial charge in [0.25, 0.3) is 0 Å². The van der Waals surface area contributed by atoms with Crippen molar-refractivity contribution in [3.8, 4) is 0 Å². The van der Waals surface area contributed by atoms with Gasteiger partial charge in [0, 0.05) is 6.07 Å². The molecule has 0 aliphatic carbocycles. The lowest BCUT2D eigenvalue weighted by molar-refractivity contribution is -0.656. The van der Waals surface area contributed by atoms with Crippen molar-refractivity contribution in [2.24, 2.45) is 5.92 Å². The van der Waals surface area contributed by atoms with Gasteiger partial charge in [0.15, 0.2) is 0 Å². The van der Waals surface area contributed by atoms with E-state index >= 15 is 0 Å². The predicted octanol–water partition coefficient (Wildman–Crippen LogP) is 0.0160. The van der Waals surface area contributed by atoms with E-state index < -0.39 is 5.97 Å². The SMILES string of the molecule is O=C(O)C1CCN(c2cccn[n+]2[O-])CC1. The maximum absolute atomic E-state index is 11.4. The van der Waals surface area contributed by atoms with Crippen LogP contribution in [0.3, 0.4) is 0 Å². The lowest BCUT2D eigenvalue weighted by atomic mass is 9.97. The largest absolute Gasteiger partial charge is 0.691 e. The van der Waals surface area contributed by atoms with Crippen molar-refractivity contribution in [3.63, 3.8) is 0 Å². The average molecular weight is 223 g/mol. The van der Waals surface area contributed by atoms with Gasteiger partial charge in [-0.3, -0.25) is 9.69 Å². The summed E-state index contributed by atoms with van der Waals surface area (Å²) in [5.74, 6) is -0.541. The van der Waals surface area contributed by atoms with E-state index in [9.17, 15) is 10.0 Å². The summed E-state index contributed by atoms with van der Waals surface area (Å²) in [5, 5.41) is 23.8. The molecule has 1 N–H and O–H groups in total. The fourth-order valence-electron chi connectivity index (χ4n) is 1.93. The van der Waals surface area contributed by atoms with Crippen LogP contribution in [0.1, 0.15) is 12.8 Å². The third kappa shape index (κ3) is 2.05. The van der Waals surface area contributed by atoms with Crippen molar-refractivity contribution >= 4 is 11.8 Å². The lowest BCUT2D eigenvalue weighted by Crippen LogP contribution is -2.45. The molecule has 86 valence electrons. The monoisotopic (exact) mass is 223 g/mol. The van der Waals surface area contributed by atoms with E-state index in [1.54, 1.807) is 12.1 Å². The Balaban J connectivity index is 2.05. The van der Waals surface area contributed by atoms with Gasteiger partial charge in [0.1, 0.15) is 0 Å². The van der Waals surface area contributed by atoms with Gasteiger partial charge in [0.2, 0.25) is 0 Å². The smallest absolute Gasteiger partial charge is 0.306 e. The van der Waals surface area contributed by atoms with Crippen LogP contribution in [0.4, 0.5) is 5.82 Å². The highest BCUT2D eigenvalue weighted by Gasteiger charge is 2.29. The summed E-state index contributed by atoms with van der Waals surface area (Å²) in [7, 11) is 0. The Morgan fingerprint density at radius 3 is 2.81 bits per heavy atom. The van der Waals surface area contributed by atoms with Crippen molar-refractivity contribution in [3.05, 3.63) is 23.5 Å². The van der Waals surface area contributed by atoms with Crippen molar-refractivity contribution in [2.75, 3.05) is 18.0 Å². The van der Waals surface area contributed by atoms with E-state index in [1.807, 2.05) is 4.90 Å². The van der Waals surface area contributed by atoms with Gasteiger partial charge < -0.3 is 10.3 Å². The number of anilines is 1. The number of carbonyl (C=O) groups is 1. The molecule has 6 heteroatoms. The molecule has 0 bridgehead atoms. The van der Waals surface area contributed by atoms with E-state index in [-0.39, 0.29) is 5.92 Å². The fraction of sp³-hybridized carbons (Fsp3) is 0.500. The molecule has 16 heavy (non-hydrogen) atoms. The highest BCUT2D eigenvalue weighted by Crippen LogP contribution is 2.20. The highest BCUT2D eigenvalue weighted by molar-refractivity contribution is 5.70. The Kier molecular flexibility index (Phi) is 2.89. The maximum Gasteiger partial charge on any atom is 0.306 e. The topological polar surface area (TPSA) is 80.4 Å². The van der Waals surface area contributed by atoms with Crippen LogP contribution in [0, 0.1) is 11.1 Å². The van der Waals surface area contributed by atoms with Gasteiger partial charge in [-0.15, -0.1) is 4.85 Å². The van der Waals surface area contributed by atoms with Gasteiger partial charge in [-0.25, -0.2) is 0 Å². The first kappa shape index (κ1) is 10.7. The number of aromatic nitrogens is 2. The minimum absolute atomic E-state index is 0.284. The van der Waals surface area contributed by atoms with Crippen LogP contribution in [-0.2, 0) is 4.79 Å². The molecule has 1 aromatic heterocycles. The molecular formula is C10H13N3O3. The summed E-state index contributed by atoms with van der Waals surface area (Å²) in [4.78, 5) is 13.2. The Labute approximate surface area is 92.7 Å². The molecule has 0 unspecified atom stereocenters. The van der Waals surface area contributed by atoms with Gasteiger partial charge in [0.05, 0.1) is 25.2 Å². The first-order chi connectivity index (χ1) is 7.68. The zero-order chi connectivity index (χ0) is 11.5. The first-order valence-corrected chi connectivity index (χ1v) is 5.21. The molecule has 0 spiro atoms. The normalized spacial score (nSPS) is 17.4. The van der Waals surface area contributed by atoms with Gasteiger partial charge >= 0.3 is 11.8 Å². The van der Waals surface area contributed by atoms with E-state index in [4.69, 9.17) is 5.11 Å². The molecule has 1 aliphatic heterocycles. The van der Waals surface area contributed by atoms with Crippen LogP contribution in [-0.4, -0.2) is 29.3 Å². The number of aliphatic carboxylic acids is 1. The summed E-state index contributed by atoms with van der Waals surface area (Å²) in [6, 6.07) is 3.40. The van der Waals surface area contributed by atoms with Gasteiger partial charge in [-0.05, 0) is 18.9 Å². The molecule has 0 atom stereocenters. The average Bonchev–Trinajstić information content (AvgIpc) is 2.30. The van der Waals surface area contributed by atoms with Gasteiger partial charge in [-0.2, -0.15) is 0 Å². The number of rotatable bonds is 2. The molecule has 1 saturated heterocycles. The van der Waals surface area contributed by atoms with Crippen molar-refractivity contribution in [1.29, 1.82) is 0 Å². The fourth-order valence-corrected chi connectivity index (χ4v) is 1.93. The van der Waals surface area contributed by atoms with Crippen LogP contribution in [0.2, 0.25) is 0 Å². The third-order valence-corrected chi connectivity index (χ3v) is 2.87. The summed E-state index contributed by atoms with van der Waals surface area (Å²) in [5.41, 5.74) is 0. The van der Waals surface area contributed by atoms with E-state index in [1.165, 1.54) is 6.20 Å². The molecular weight excluding hydrogens is 210 g/mol. The van der Waals surface area contributed by atoms with Crippen LogP contribution < -0.4 is 9.75 Å². The Bertz CT molecular complexity index is 389. The number of carboxylic acid groups (broad SMARTS) is 1. The quantitative estimate of drug-likeness (QED) is 0.564. The standard InChI is InChI=1S/C10H13N3O3/c14-10(15)8-3-6-12(7-4-8)9-2-1-5-11-13(9)16/h1-2,5,8H,3-4,6-7H2,(H,14,15). The first-order valence-electron chi connectivity index (χ1n) is 5.21. The molecule has 0 aromatic carbocycles. The zero-order valence-electron chi connectivity index (χ0n) is 8.74. The molecule has 2 heterocycles. The summed E-state index contributed by atoms with van der Waals surface area (Å²) < 4.78 is 0. The second kappa shape index (κ2) is 4.34. The molecule has 1 aliphatic rings. The van der Waals surface area contributed by atoms with Crippen molar-refractivity contribution in [1.82, 2.24) is 5.10 Å². The summed E-state index contributed by atoms with van der Waals surface area (Å²) in [6.45, 7) is 1.18. The zero-order valence-corrected chi connectivity index (χ0v) is 8.74.